The van der Waals surface area contributed by atoms with Gasteiger partial charge in [0.25, 0.3) is 0 Å². The van der Waals surface area contributed by atoms with E-state index in [2.05, 4.69) is 0 Å². The second-order valence-electron chi connectivity index (χ2n) is 6.24. The molecule has 3 rings (SSSR count). The van der Waals surface area contributed by atoms with Crippen molar-refractivity contribution in [2.24, 2.45) is 0 Å². The Morgan fingerprint density at radius 1 is 1.04 bits per heavy atom. The van der Waals surface area contributed by atoms with Crippen molar-refractivity contribution in [1.29, 1.82) is 0 Å². The van der Waals surface area contributed by atoms with Gasteiger partial charge in [0, 0.05) is 39.0 Å². The van der Waals surface area contributed by atoms with Crippen LogP contribution >= 0.6 is 22.9 Å². The zero-order valence-corrected chi connectivity index (χ0v) is 17.2. The normalized spacial score (nSPS) is 15.6. The highest BCUT2D eigenvalue weighted by atomic mass is 35.5. The van der Waals surface area contributed by atoms with Crippen molar-refractivity contribution >= 4 is 44.7 Å². The molecule has 1 amide bonds. The molecule has 1 saturated heterocycles. The van der Waals surface area contributed by atoms with Gasteiger partial charge in [-0.25, -0.2) is 12.8 Å². The number of sulfonamides is 1. The van der Waals surface area contributed by atoms with Gasteiger partial charge in [-0.2, -0.15) is 4.31 Å². The van der Waals surface area contributed by atoms with Gasteiger partial charge in [-0.3, -0.25) is 9.59 Å². The van der Waals surface area contributed by atoms with Crippen LogP contribution in [-0.2, 0) is 14.8 Å². The lowest BCUT2D eigenvalue weighted by Crippen LogP contribution is -2.50. The smallest absolute Gasteiger partial charge is 0.246 e. The molecule has 1 aliphatic rings. The number of hydrogen-bond donors (Lipinski definition) is 0. The monoisotopic (exact) mass is 444 g/mol. The molecule has 150 valence electrons. The lowest BCUT2D eigenvalue weighted by atomic mass is 10.1. The molecule has 0 radical (unpaired) electrons. The summed E-state index contributed by atoms with van der Waals surface area (Å²) in [5.41, 5.74) is 0. The van der Waals surface area contributed by atoms with Gasteiger partial charge in [0.2, 0.25) is 15.9 Å². The molecule has 0 spiro atoms. The number of rotatable bonds is 6. The minimum atomic E-state index is -3.95. The second-order valence-corrected chi connectivity index (χ2v) is 9.86. The molecule has 0 saturated carbocycles. The van der Waals surface area contributed by atoms with Gasteiger partial charge in [-0.15, -0.1) is 11.3 Å². The standard InChI is InChI=1S/C18H18ClFN2O4S2/c19-17-7-6-15(27-17)14(23)5-8-18(24)21-9-11-22(12-10-21)28(25,26)16-4-2-1-3-13(16)20/h1-4,6-7H,5,8-12H2. The quantitative estimate of drug-likeness (QED) is 0.642. The molecule has 1 aromatic heterocycles. The fraction of sp³-hybridized carbons (Fsp3) is 0.333. The highest BCUT2D eigenvalue weighted by Gasteiger charge is 2.31. The average molecular weight is 445 g/mol. The van der Waals surface area contributed by atoms with Crippen LogP contribution in [0.5, 0.6) is 0 Å². The van der Waals surface area contributed by atoms with E-state index in [0.29, 0.717) is 9.21 Å². The molecular weight excluding hydrogens is 427 g/mol. The number of Topliss-reactive ketones (excluding diaryl/α,β-unsaturated/α-hetero) is 1. The molecule has 1 aromatic carbocycles. The van der Waals surface area contributed by atoms with E-state index in [1.54, 1.807) is 12.1 Å². The van der Waals surface area contributed by atoms with Crippen molar-refractivity contribution in [3.05, 3.63) is 51.4 Å². The van der Waals surface area contributed by atoms with Crippen molar-refractivity contribution in [3.8, 4) is 0 Å². The third kappa shape index (κ3) is 4.60. The van der Waals surface area contributed by atoms with Crippen LogP contribution in [-0.4, -0.2) is 55.5 Å². The molecule has 0 bridgehead atoms. The lowest BCUT2D eigenvalue weighted by Gasteiger charge is -2.34. The summed E-state index contributed by atoms with van der Waals surface area (Å²) in [6, 6.07) is 8.49. The third-order valence-electron chi connectivity index (χ3n) is 4.46. The minimum Gasteiger partial charge on any atom is -0.340 e. The first-order chi connectivity index (χ1) is 13.3. The molecule has 6 nitrogen and oxygen atoms in total. The Morgan fingerprint density at radius 2 is 1.71 bits per heavy atom. The van der Waals surface area contributed by atoms with Gasteiger partial charge in [0.1, 0.15) is 10.7 Å². The predicted molar refractivity (Wildman–Crippen MR) is 105 cm³/mol. The second kappa shape index (κ2) is 8.69. The van der Waals surface area contributed by atoms with E-state index >= 15 is 0 Å². The zero-order valence-electron chi connectivity index (χ0n) is 14.8. The summed E-state index contributed by atoms with van der Waals surface area (Å²) in [6.07, 6.45) is 0.123. The van der Waals surface area contributed by atoms with Crippen LogP contribution in [0, 0.1) is 5.82 Å². The first-order valence-electron chi connectivity index (χ1n) is 8.60. The number of nitrogens with zero attached hydrogens (tertiary/aromatic N) is 2. The molecular formula is C18H18ClFN2O4S2. The number of hydrogen-bond acceptors (Lipinski definition) is 5. The summed E-state index contributed by atoms with van der Waals surface area (Å²) in [6.45, 7) is 0.560. The molecule has 2 aromatic rings. The fourth-order valence-corrected chi connectivity index (χ4v) is 5.43. The van der Waals surface area contributed by atoms with Crippen LogP contribution in [0.4, 0.5) is 4.39 Å². The van der Waals surface area contributed by atoms with Gasteiger partial charge in [0.15, 0.2) is 5.78 Å². The molecule has 0 atom stereocenters. The third-order valence-corrected chi connectivity index (χ3v) is 7.66. The van der Waals surface area contributed by atoms with E-state index in [-0.39, 0.29) is 55.6 Å². The number of benzene rings is 1. The van der Waals surface area contributed by atoms with Crippen molar-refractivity contribution in [3.63, 3.8) is 0 Å². The highest BCUT2D eigenvalue weighted by Crippen LogP contribution is 2.23. The van der Waals surface area contributed by atoms with Gasteiger partial charge in [-0.05, 0) is 24.3 Å². The van der Waals surface area contributed by atoms with Crippen molar-refractivity contribution in [2.75, 3.05) is 26.2 Å². The number of halogens is 2. The van der Waals surface area contributed by atoms with Crippen LogP contribution in [0.1, 0.15) is 22.5 Å². The summed E-state index contributed by atoms with van der Waals surface area (Å²) in [7, 11) is -3.95. The number of thiophene rings is 1. The summed E-state index contributed by atoms with van der Waals surface area (Å²) in [5.74, 6) is -1.15. The molecule has 10 heteroatoms. The van der Waals surface area contributed by atoms with Crippen LogP contribution in [0.2, 0.25) is 4.34 Å². The van der Waals surface area contributed by atoms with E-state index in [4.69, 9.17) is 11.6 Å². The SMILES string of the molecule is O=C(CCC(=O)N1CCN(S(=O)(=O)c2ccccc2F)CC1)c1ccc(Cl)s1. The summed E-state index contributed by atoms with van der Waals surface area (Å²) >= 11 is 6.98. The van der Waals surface area contributed by atoms with E-state index in [0.717, 1.165) is 6.07 Å². The Bertz CT molecular complexity index is 985. The number of amides is 1. The molecule has 28 heavy (non-hydrogen) atoms. The molecule has 0 N–H and O–H groups in total. The first kappa shape index (κ1) is 20.9. The van der Waals surface area contributed by atoms with Gasteiger partial charge in [-0.1, -0.05) is 23.7 Å². The maximum atomic E-state index is 13.9. The van der Waals surface area contributed by atoms with E-state index < -0.39 is 15.8 Å². The van der Waals surface area contributed by atoms with Crippen LogP contribution in [0.25, 0.3) is 0 Å². The van der Waals surface area contributed by atoms with Gasteiger partial charge >= 0.3 is 0 Å². The fourth-order valence-electron chi connectivity index (χ4n) is 2.94. The molecule has 2 heterocycles. The van der Waals surface area contributed by atoms with Crippen molar-refractivity contribution < 1.29 is 22.4 Å². The molecule has 1 aliphatic heterocycles. The Labute approximate surface area is 171 Å². The van der Waals surface area contributed by atoms with Crippen LogP contribution < -0.4 is 0 Å². The Morgan fingerprint density at radius 3 is 2.32 bits per heavy atom. The average Bonchev–Trinajstić information content (AvgIpc) is 3.12. The predicted octanol–water partition coefficient (Wildman–Crippen LogP) is 3.04. The Kier molecular flexibility index (Phi) is 6.49. The van der Waals surface area contributed by atoms with Crippen molar-refractivity contribution in [1.82, 2.24) is 9.21 Å². The van der Waals surface area contributed by atoms with E-state index in [1.807, 2.05) is 0 Å². The van der Waals surface area contributed by atoms with Gasteiger partial charge in [0.05, 0.1) is 9.21 Å². The maximum absolute atomic E-state index is 13.9. The number of piperazine rings is 1. The van der Waals surface area contributed by atoms with Crippen LogP contribution in [0.15, 0.2) is 41.3 Å². The molecule has 1 fully saturated rings. The highest BCUT2D eigenvalue weighted by molar-refractivity contribution is 7.89. The minimum absolute atomic E-state index is 0.0500. The lowest BCUT2D eigenvalue weighted by molar-refractivity contribution is -0.132. The topological polar surface area (TPSA) is 74.8 Å². The summed E-state index contributed by atoms with van der Waals surface area (Å²) in [5, 5.41) is 0. The van der Waals surface area contributed by atoms with Crippen LogP contribution in [0.3, 0.4) is 0 Å². The molecule has 0 unspecified atom stereocenters. The van der Waals surface area contributed by atoms with Gasteiger partial charge < -0.3 is 4.90 Å². The number of carbonyl (C=O) groups is 2. The Balaban J connectivity index is 1.54. The van der Waals surface area contributed by atoms with Crippen molar-refractivity contribution in [2.45, 2.75) is 17.7 Å². The number of ketones is 1. The summed E-state index contributed by atoms with van der Waals surface area (Å²) in [4.78, 5) is 26.1. The zero-order chi connectivity index (χ0) is 20.3. The van der Waals surface area contributed by atoms with E-state index in [1.165, 1.54) is 38.7 Å². The van der Waals surface area contributed by atoms with E-state index in [9.17, 15) is 22.4 Å². The largest absolute Gasteiger partial charge is 0.340 e. The maximum Gasteiger partial charge on any atom is 0.246 e. The Hall–Kier alpha value is -1.81. The number of carbonyl (C=O) groups excluding carboxylic acids is 2. The first-order valence-corrected chi connectivity index (χ1v) is 11.2. The molecule has 0 aliphatic carbocycles. The summed E-state index contributed by atoms with van der Waals surface area (Å²) < 4.78 is 40.7.